The first-order valence-electron chi connectivity index (χ1n) is 9.24. The Kier molecular flexibility index (Phi) is 4.58. The van der Waals surface area contributed by atoms with E-state index in [4.69, 9.17) is 14.2 Å². The fourth-order valence-electron chi connectivity index (χ4n) is 4.34. The number of benzene rings is 1. The molecule has 0 aromatic heterocycles. The van der Waals surface area contributed by atoms with Crippen LogP contribution in [0.5, 0.6) is 5.75 Å². The van der Waals surface area contributed by atoms with Gasteiger partial charge in [0.15, 0.2) is 0 Å². The third kappa shape index (κ3) is 2.84. The quantitative estimate of drug-likeness (QED) is 0.579. The van der Waals surface area contributed by atoms with Crippen LogP contribution in [0.2, 0.25) is 0 Å². The Morgan fingerprint density at radius 3 is 2.89 bits per heavy atom. The number of fused-ring (bicyclic) bond motifs is 1. The van der Waals surface area contributed by atoms with Crippen molar-refractivity contribution in [1.29, 1.82) is 0 Å². The minimum Gasteiger partial charge on any atom is -0.495 e. The highest BCUT2D eigenvalue weighted by Crippen LogP contribution is 2.52. The van der Waals surface area contributed by atoms with Crippen molar-refractivity contribution in [2.24, 2.45) is 11.8 Å². The molecule has 1 spiro atoms. The van der Waals surface area contributed by atoms with Crippen LogP contribution in [0, 0.1) is 11.8 Å². The van der Waals surface area contributed by atoms with Crippen LogP contribution in [-0.4, -0.2) is 61.2 Å². The summed E-state index contributed by atoms with van der Waals surface area (Å²) in [4.78, 5) is 39.3. The number of nitrogens with one attached hydrogen (secondary N) is 1. The minimum absolute atomic E-state index is 0.145. The molecule has 3 aliphatic heterocycles. The molecule has 1 aromatic rings. The van der Waals surface area contributed by atoms with Gasteiger partial charge in [0.2, 0.25) is 11.8 Å². The maximum atomic E-state index is 13.0. The topological polar surface area (TPSA) is 94.2 Å². The molecule has 2 amide bonds. The lowest BCUT2D eigenvalue weighted by molar-refractivity contribution is -0.148. The van der Waals surface area contributed by atoms with E-state index in [9.17, 15) is 14.4 Å². The third-order valence-corrected chi connectivity index (χ3v) is 5.47. The molecule has 8 nitrogen and oxygen atoms in total. The van der Waals surface area contributed by atoms with Gasteiger partial charge in [0, 0.05) is 0 Å². The Labute approximate surface area is 162 Å². The van der Waals surface area contributed by atoms with Crippen LogP contribution >= 0.6 is 0 Å². The van der Waals surface area contributed by atoms with Crippen molar-refractivity contribution in [3.05, 3.63) is 36.4 Å². The molecule has 8 heteroatoms. The number of ether oxygens (including phenoxy) is 3. The second-order valence-electron chi connectivity index (χ2n) is 7.09. The molecule has 2 fully saturated rings. The van der Waals surface area contributed by atoms with E-state index >= 15 is 0 Å². The molecule has 1 aromatic carbocycles. The Hall–Kier alpha value is -2.87. The van der Waals surface area contributed by atoms with Gasteiger partial charge in [-0.15, -0.1) is 0 Å². The molecule has 4 atom stereocenters. The van der Waals surface area contributed by atoms with Crippen LogP contribution in [0.25, 0.3) is 0 Å². The van der Waals surface area contributed by atoms with Crippen molar-refractivity contribution in [2.75, 3.05) is 32.1 Å². The first kappa shape index (κ1) is 18.5. The molecule has 3 heterocycles. The maximum Gasteiger partial charge on any atom is 0.325 e. The van der Waals surface area contributed by atoms with Gasteiger partial charge in [-0.25, -0.2) is 0 Å². The standard InChI is InChI=1S/C20H22N2O6/c1-3-27-15(23)10-22-11-20-9-8-14(28-20)16(17(20)19(22)25)18(24)21-12-6-4-5-7-13(12)26-2/h4-9,14,16-17H,3,10-11H2,1-2H3,(H,21,24)/t14-,16+,17-,20-/m1/s1. The third-order valence-electron chi connectivity index (χ3n) is 5.47. The van der Waals surface area contributed by atoms with Crippen LogP contribution in [-0.2, 0) is 23.9 Å². The summed E-state index contributed by atoms with van der Waals surface area (Å²) in [6.45, 7) is 2.05. The highest BCUT2D eigenvalue weighted by atomic mass is 16.5. The summed E-state index contributed by atoms with van der Waals surface area (Å²) in [6.07, 6.45) is 3.20. The van der Waals surface area contributed by atoms with E-state index in [1.807, 2.05) is 12.2 Å². The number of carbonyl (C=O) groups is 3. The summed E-state index contributed by atoms with van der Waals surface area (Å²) in [5, 5.41) is 2.85. The number of para-hydroxylation sites is 2. The van der Waals surface area contributed by atoms with Gasteiger partial charge >= 0.3 is 5.97 Å². The van der Waals surface area contributed by atoms with Gasteiger partial charge in [0.05, 0.1) is 43.9 Å². The molecular weight excluding hydrogens is 364 g/mol. The second-order valence-corrected chi connectivity index (χ2v) is 7.09. The normalized spacial score (nSPS) is 29.7. The molecule has 4 rings (SSSR count). The van der Waals surface area contributed by atoms with Gasteiger partial charge in [-0.1, -0.05) is 24.3 Å². The van der Waals surface area contributed by atoms with Gasteiger partial charge < -0.3 is 24.4 Å². The Morgan fingerprint density at radius 1 is 1.36 bits per heavy atom. The molecule has 0 unspecified atom stereocenters. The number of esters is 1. The van der Waals surface area contributed by atoms with Crippen molar-refractivity contribution in [3.63, 3.8) is 0 Å². The number of amides is 2. The largest absolute Gasteiger partial charge is 0.495 e. The average molecular weight is 386 g/mol. The number of anilines is 1. The number of hydrogen-bond donors (Lipinski definition) is 1. The number of nitrogens with zero attached hydrogens (tertiary/aromatic N) is 1. The van der Waals surface area contributed by atoms with Crippen LogP contribution < -0.4 is 10.1 Å². The monoisotopic (exact) mass is 386 g/mol. The van der Waals surface area contributed by atoms with Crippen LogP contribution in [0.4, 0.5) is 5.69 Å². The first-order valence-corrected chi connectivity index (χ1v) is 9.24. The van der Waals surface area contributed by atoms with Crippen LogP contribution in [0.15, 0.2) is 36.4 Å². The number of hydrogen-bond acceptors (Lipinski definition) is 6. The van der Waals surface area contributed by atoms with Crippen molar-refractivity contribution in [3.8, 4) is 5.75 Å². The minimum atomic E-state index is -0.864. The summed E-state index contributed by atoms with van der Waals surface area (Å²) >= 11 is 0. The summed E-state index contributed by atoms with van der Waals surface area (Å²) in [6, 6.07) is 7.08. The predicted octanol–water partition coefficient (Wildman–Crippen LogP) is 0.979. The molecule has 0 saturated carbocycles. The van der Waals surface area contributed by atoms with Gasteiger partial charge in [-0.05, 0) is 19.1 Å². The highest BCUT2D eigenvalue weighted by Gasteiger charge is 2.67. The summed E-state index contributed by atoms with van der Waals surface area (Å²) in [5.74, 6) is -1.84. The zero-order valence-electron chi connectivity index (χ0n) is 15.7. The van der Waals surface area contributed by atoms with E-state index < -0.39 is 29.5 Å². The van der Waals surface area contributed by atoms with Crippen molar-refractivity contribution in [1.82, 2.24) is 4.90 Å². The smallest absolute Gasteiger partial charge is 0.325 e. The lowest BCUT2D eigenvalue weighted by Gasteiger charge is -2.23. The van der Waals surface area contributed by atoms with E-state index in [-0.39, 0.29) is 31.5 Å². The zero-order chi connectivity index (χ0) is 19.9. The molecule has 0 radical (unpaired) electrons. The lowest BCUT2D eigenvalue weighted by atomic mass is 9.76. The molecule has 3 aliphatic rings. The molecule has 2 bridgehead atoms. The van der Waals surface area contributed by atoms with Crippen molar-refractivity contribution in [2.45, 2.75) is 18.6 Å². The van der Waals surface area contributed by atoms with Crippen molar-refractivity contribution < 1.29 is 28.6 Å². The van der Waals surface area contributed by atoms with Crippen LogP contribution in [0.1, 0.15) is 6.92 Å². The number of likely N-dealkylation sites (tertiary alicyclic amines) is 1. The fraction of sp³-hybridized carbons (Fsp3) is 0.450. The lowest BCUT2D eigenvalue weighted by Crippen LogP contribution is -2.42. The van der Waals surface area contributed by atoms with E-state index in [1.54, 1.807) is 31.2 Å². The second kappa shape index (κ2) is 6.94. The number of carbonyl (C=O) groups excluding carboxylic acids is 3. The van der Waals surface area contributed by atoms with E-state index in [1.165, 1.54) is 12.0 Å². The SMILES string of the molecule is CCOC(=O)CN1C[C@@]23C=C[C@@H](O2)[C@H](C(=O)Nc2ccccc2OC)[C@@H]3C1=O. The number of methoxy groups -OCH3 is 1. The zero-order valence-corrected chi connectivity index (χ0v) is 15.7. The Morgan fingerprint density at radius 2 is 2.14 bits per heavy atom. The molecular formula is C20H22N2O6. The molecule has 28 heavy (non-hydrogen) atoms. The van der Waals surface area contributed by atoms with Crippen LogP contribution in [0.3, 0.4) is 0 Å². The number of rotatable bonds is 6. The van der Waals surface area contributed by atoms with Gasteiger partial charge in [0.25, 0.3) is 0 Å². The summed E-state index contributed by atoms with van der Waals surface area (Å²) < 4.78 is 16.3. The average Bonchev–Trinajstić information content (AvgIpc) is 3.31. The maximum absolute atomic E-state index is 13.0. The summed E-state index contributed by atoms with van der Waals surface area (Å²) in [7, 11) is 1.52. The first-order chi connectivity index (χ1) is 13.5. The molecule has 2 saturated heterocycles. The van der Waals surface area contributed by atoms with Gasteiger partial charge in [-0.2, -0.15) is 0 Å². The molecule has 1 N–H and O–H groups in total. The van der Waals surface area contributed by atoms with E-state index in [2.05, 4.69) is 5.32 Å². The highest BCUT2D eigenvalue weighted by molar-refractivity contribution is 6.00. The van der Waals surface area contributed by atoms with Gasteiger partial charge in [-0.3, -0.25) is 14.4 Å². The molecule has 0 aliphatic carbocycles. The Balaban J connectivity index is 1.55. The predicted molar refractivity (Wildman–Crippen MR) is 98.6 cm³/mol. The van der Waals surface area contributed by atoms with Gasteiger partial charge in [0.1, 0.15) is 17.9 Å². The van der Waals surface area contributed by atoms with E-state index in [0.717, 1.165) is 0 Å². The van der Waals surface area contributed by atoms with E-state index in [0.29, 0.717) is 11.4 Å². The van der Waals surface area contributed by atoms with Crippen molar-refractivity contribution >= 4 is 23.5 Å². The Bertz CT molecular complexity index is 853. The molecule has 148 valence electrons. The summed E-state index contributed by atoms with van der Waals surface area (Å²) in [5.41, 5.74) is -0.332. The fourth-order valence-corrected chi connectivity index (χ4v) is 4.34.